The Hall–Kier alpha value is -3.58. The number of benzene rings is 3. The highest BCUT2D eigenvalue weighted by atomic mass is 79.9. The number of carbonyl (C=O) groups excluding carboxylic acids is 2. The molecule has 0 aliphatic heterocycles. The van der Waals surface area contributed by atoms with Crippen molar-refractivity contribution in [3.05, 3.63) is 93.6 Å². The molecule has 7 heteroatoms. The number of hydrogen-bond donors (Lipinski definition) is 2. The molecule has 0 saturated carbocycles. The van der Waals surface area contributed by atoms with E-state index < -0.39 is 5.91 Å². The zero-order valence-electron chi connectivity index (χ0n) is 21.1. The van der Waals surface area contributed by atoms with Crippen LogP contribution in [-0.2, 0) is 4.79 Å². The third-order valence-corrected chi connectivity index (χ3v) is 6.13. The van der Waals surface area contributed by atoms with Gasteiger partial charge in [-0.2, -0.15) is 0 Å². The Labute approximate surface area is 221 Å². The SMILES string of the molecule is CCCCOc1ccc(C(=O)N/C(=C/c2ccc(N(C)C)cc2)C(=O)Nc2ccc(C)cc2Br)cc1. The summed E-state index contributed by atoms with van der Waals surface area (Å²) >= 11 is 3.49. The first-order chi connectivity index (χ1) is 17.3. The van der Waals surface area contributed by atoms with E-state index in [1.54, 1.807) is 30.3 Å². The van der Waals surface area contributed by atoms with Crippen molar-refractivity contribution in [3.63, 3.8) is 0 Å². The van der Waals surface area contributed by atoms with Crippen molar-refractivity contribution in [1.82, 2.24) is 5.32 Å². The molecule has 6 nitrogen and oxygen atoms in total. The topological polar surface area (TPSA) is 70.7 Å². The molecule has 0 unspecified atom stereocenters. The molecular weight excluding hydrogens is 518 g/mol. The van der Waals surface area contributed by atoms with Gasteiger partial charge in [-0.05, 0) is 95.0 Å². The fourth-order valence-corrected chi connectivity index (χ4v) is 3.93. The Morgan fingerprint density at radius 1 is 1.00 bits per heavy atom. The number of anilines is 2. The molecule has 0 fully saturated rings. The Kier molecular flexibility index (Phi) is 9.70. The van der Waals surface area contributed by atoms with Crippen LogP contribution in [0.3, 0.4) is 0 Å². The number of carbonyl (C=O) groups is 2. The third-order valence-electron chi connectivity index (χ3n) is 5.47. The molecule has 0 aromatic heterocycles. The van der Waals surface area contributed by atoms with Crippen LogP contribution in [-0.4, -0.2) is 32.5 Å². The number of amides is 2. The Balaban J connectivity index is 1.83. The van der Waals surface area contributed by atoms with E-state index in [1.807, 2.05) is 68.4 Å². The van der Waals surface area contributed by atoms with Crippen molar-refractivity contribution in [1.29, 1.82) is 0 Å². The van der Waals surface area contributed by atoms with Gasteiger partial charge in [0.15, 0.2) is 0 Å². The number of ether oxygens (including phenoxy) is 1. The van der Waals surface area contributed by atoms with Crippen molar-refractivity contribution in [2.45, 2.75) is 26.7 Å². The van der Waals surface area contributed by atoms with E-state index in [2.05, 4.69) is 33.5 Å². The average molecular weight is 550 g/mol. The number of nitrogens with one attached hydrogen (secondary N) is 2. The second-order valence-corrected chi connectivity index (χ2v) is 9.52. The molecule has 3 aromatic carbocycles. The van der Waals surface area contributed by atoms with Crippen LogP contribution < -0.4 is 20.3 Å². The minimum Gasteiger partial charge on any atom is -0.494 e. The molecule has 2 amide bonds. The van der Waals surface area contributed by atoms with Gasteiger partial charge in [-0.15, -0.1) is 0 Å². The first-order valence-corrected chi connectivity index (χ1v) is 12.7. The smallest absolute Gasteiger partial charge is 0.272 e. The highest BCUT2D eigenvalue weighted by Crippen LogP contribution is 2.24. The predicted octanol–water partition coefficient (Wildman–Crippen LogP) is 6.41. The quantitative estimate of drug-likeness (QED) is 0.226. The Morgan fingerprint density at radius 2 is 1.69 bits per heavy atom. The molecule has 0 atom stereocenters. The molecule has 0 bridgehead atoms. The lowest BCUT2D eigenvalue weighted by atomic mass is 10.1. The van der Waals surface area contributed by atoms with E-state index in [0.29, 0.717) is 23.6 Å². The van der Waals surface area contributed by atoms with Gasteiger partial charge >= 0.3 is 0 Å². The highest BCUT2D eigenvalue weighted by Gasteiger charge is 2.16. The molecule has 188 valence electrons. The summed E-state index contributed by atoms with van der Waals surface area (Å²) < 4.78 is 6.44. The summed E-state index contributed by atoms with van der Waals surface area (Å²) in [6, 6.07) is 20.3. The van der Waals surface area contributed by atoms with E-state index >= 15 is 0 Å². The highest BCUT2D eigenvalue weighted by molar-refractivity contribution is 9.10. The molecule has 0 spiro atoms. The summed E-state index contributed by atoms with van der Waals surface area (Å²) in [5.74, 6) is -0.104. The minimum absolute atomic E-state index is 0.133. The second-order valence-electron chi connectivity index (χ2n) is 8.66. The van der Waals surface area contributed by atoms with Crippen LogP contribution in [0.25, 0.3) is 6.08 Å². The van der Waals surface area contributed by atoms with Crippen molar-refractivity contribution in [3.8, 4) is 5.75 Å². The molecule has 0 heterocycles. The molecule has 3 aromatic rings. The average Bonchev–Trinajstić information content (AvgIpc) is 2.86. The Morgan fingerprint density at radius 3 is 2.31 bits per heavy atom. The van der Waals surface area contributed by atoms with Gasteiger partial charge < -0.3 is 20.3 Å². The summed E-state index contributed by atoms with van der Waals surface area (Å²) in [5.41, 5.74) is 4.06. The van der Waals surface area contributed by atoms with Crippen LogP contribution in [0.5, 0.6) is 5.75 Å². The summed E-state index contributed by atoms with van der Waals surface area (Å²) in [6.45, 7) is 4.71. The fraction of sp³-hybridized carbons (Fsp3) is 0.241. The normalized spacial score (nSPS) is 11.1. The van der Waals surface area contributed by atoms with Gasteiger partial charge in [-0.3, -0.25) is 9.59 Å². The Bertz CT molecular complexity index is 1220. The van der Waals surface area contributed by atoms with Crippen LogP contribution in [0, 0.1) is 6.92 Å². The van der Waals surface area contributed by atoms with Crippen molar-refractivity contribution >= 4 is 45.2 Å². The van der Waals surface area contributed by atoms with Crippen LogP contribution in [0.15, 0.2) is 76.9 Å². The van der Waals surface area contributed by atoms with E-state index in [4.69, 9.17) is 4.74 Å². The van der Waals surface area contributed by atoms with E-state index in [9.17, 15) is 9.59 Å². The van der Waals surface area contributed by atoms with Crippen molar-refractivity contribution in [2.75, 3.05) is 30.9 Å². The van der Waals surface area contributed by atoms with Crippen molar-refractivity contribution < 1.29 is 14.3 Å². The van der Waals surface area contributed by atoms with Crippen LogP contribution in [0.1, 0.15) is 41.3 Å². The largest absolute Gasteiger partial charge is 0.494 e. The number of halogens is 1. The molecule has 36 heavy (non-hydrogen) atoms. The lowest BCUT2D eigenvalue weighted by Gasteiger charge is -2.14. The molecule has 0 aliphatic carbocycles. The van der Waals surface area contributed by atoms with Gasteiger partial charge in [0.1, 0.15) is 11.4 Å². The third kappa shape index (κ3) is 7.71. The minimum atomic E-state index is -0.427. The molecule has 0 aliphatic rings. The standard InChI is InChI=1S/C29H32BrN3O3/c1-5-6-17-36-24-14-10-22(11-15-24)28(34)32-27(19-21-8-12-23(13-9-21)33(3)4)29(35)31-26-16-7-20(2)18-25(26)30/h7-16,18-19H,5-6,17H2,1-4H3,(H,31,35)(H,32,34)/b27-19+. The molecule has 0 radical (unpaired) electrons. The van der Waals surface area contributed by atoms with Gasteiger partial charge in [-0.1, -0.05) is 31.5 Å². The molecule has 0 saturated heterocycles. The number of aryl methyl sites for hydroxylation is 1. The van der Waals surface area contributed by atoms with Gasteiger partial charge in [0.25, 0.3) is 11.8 Å². The van der Waals surface area contributed by atoms with Gasteiger partial charge in [0.2, 0.25) is 0 Å². The number of nitrogens with zero attached hydrogens (tertiary/aromatic N) is 1. The zero-order valence-corrected chi connectivity index (χ0v) is 22.7. The zero-order chi connectivity index (χ0) is 26.1. The monoisotopic (exact) mass is 549 g/mol. The first kappa shape index (κ1) is 27.0. The van der Waals surface area contributed by atoms with Crippen molar-refractivity contribution in [2.24, 2.45) is 0 Å². The van der Waals surface area contributed by atoms with E-state index in [0.717, 1.165) is 34.1 Å². The predicted molar refractivity (Wildman–Crippen MR) is 151 cm³/mol. The van der Waals surface area contributed by atoms with Crippen LogP contribution >= 0.6 is 15.9 Å². The lowest BCUT2D eigenvalue weighted by Crippen LogP contribution is -2.30. The molecule has 3 rings (SSSR count). The van der Waals surface area contributed by atoms with Gasteiger partial charge in [0, 0.05) is 29.8 Å². The number of hydrogen-bond acceptors (Lipinski definition) is 4. The fourth-order valence-electron chi connectivity index (χ4n) is 3.34. The second kappa shape index (κ2) is 12.9. The maximum absolute atomic E-state index is 13.3. The summed E-state index contributed by atoms with van der Waals surface area (Å²) in [6.07, 6.45) is 3.68. The molecule has 2 N–H and O–H groups in total. The van der Waals surface area contributed by atoms with E-state index in [-0.39, 0.29) is 11.6 Å². The maximum atomic E-state index is 13.3. The van der Waals surface area contributed by atoms with Crippen LogP contribution in [0.2, 0.25) is 0 Å². The lowest BCUT2D eigenvalue weighted by molar-refractivity contribution is -0.113. The van der Waals surface area contributed by atoms with E-state index in [1.165, 1.54) is 0 Å². The number of unbranched alkanes of at least 4 members (excludes halogenated alkanes) is 1. The summed E-state index contributed by atoms with van der Waals surface area (Å²) in [5, 5.41) is 5.67. The van der Waals surface area contributed by atoms with Crippen LogP contribution in [0.4, 0.5) is 11.4 Å². The van der Waals surface area contributed by atoms with Gasteiger partial charge in [0.05, 0.1) is 12.3 Å². The summed E-state index contributed by atoms with van der Waals surface area (Å²) in [4.78, 5) is 28.3. The maximum Gasteiger partial charge on any atom is 0.272 e. The van der Waals surface area contributed by atoms with Gasteiger partial charge in [-0.25, -0.2) is 0 Å². The first-order valence-electron chi connectivity index (χ1n) is 11.9. The number of rotatable bonds is 10. The molecular formula is C29H32BrN3O3. The summed E-state index contributed by atoms with van der Waals surface area (Å²) in [7, 11) is 3.92.